The van der Waals surface area contributed by atoms with E-state index in [1.54, 1.807) is 32.9 Å². The van der Waals surface area contributed by atoms with Crippen molar-refractivity contribution in [2.45, 2.75) is 57.4 Å². The fourth-order valence-electron chi connectivity index (χ4n) is 2.92. The zero-order chi connectivity index (χ0) is 20.4. The molecule has 0 aliphatic heterocycles. The van der Waals surface area contributed by atoms with Crippen LogP contribution in [-0.2, 0) is 21.2 Å². The van der Waals surface area contributed by atoms with Crippen molar-refractivity contribution in [2.75, 3.05) is 12.4 Å². The topological polar surface area (TPSA) is 77.4 Å². The lowest BCUT2D eigenvalue weighted by Crippen LogP contribution is -2.22. The molecule has 0 fully saturated rings. The highest BCUT2D eigenvalue weighted by atomic mass is 32.2. The molecule has 7 heteroatoms. The van der Waals surface area contributed by atoms with Gasteiger partial charge in [0.1, 0.15) is 16.5 Å². The average molecular weight is 393 g/mol. The van der Waals surface area contributed by atoms with Crippen molar-refractivity contribution >= 4 is 21.6 Å². The summed E-state index contributed by atoms with van der Waals surface area (Å²) in [5.41, 5.74) is 1.49. The molecule has 2 aromatic rings. The Hall–Kier alpha value is -2.28. The predicted octanol–water partition coefficient (Wildman–Crippen LogP) is 3.95. The van der Waals surface area contributed by atoms with Crippen LogP contribution in [0.5, 0.6) is 5.75 Å². The second-order valence-corrected chi connectivity index (χ2v) is 8.75. The number of amides is 1. The number of rotatable bonds is 7. The number of methoxy groups -OCH3 is 1. The van der Waals surface area contributed by atoms with Crippen LogP contribution in [0.15, 0.2) is 34.1 Å². The Labute approximate surface area is 161 Å². The Balaban J connectivity index is 2.69. The number of carbonyl (C=O) groups excluding carboxylic acids is 1. The molecular formula is C20H28N2O4S. The summed E-state index contributed by atoms with van der Waals surface area (Å²) in [6.45, 7) is 9.85. The van der Waals surface area contributed by atoms with Crippen molar-refractivity contribution in [1.82, 2.24) is 4.57 Å². The van der Waals surface area contributed by atoms with E-state index in [1.165, 1.54) is 19.2 Å². The maximum atomic E-state index is 13.4. The molecule has 0 bridgehead atoms. The van der Waals surface area contributed by atoms with E-state index in [0.717, 1.165) is 12.1 Å². The van der Waals surface area contributed by atoms with Crippen LogP contribution in [0.4, 0.5) is 5.82 Å². The van der Waals surface area contributed by atoms with Gasteiger partial charge in [-0.25, -0.2) is 8.42 Å². The van der Waals surface area contributed by atoms with E-state index in [2.05, 4.69) is 5.32 Å². The molecule has 148 valence electrons. The van der Waals surface area contributed by atoms with Gasteiger partial charge in [-0.3, -0.25) is 4.79 Å². The highest BCUT2D eigenvalue weighted by molar-refractivity contribution is 7.91. The van der Waals surface area contributed by atoms with Gasteiger partial charge in [0.05, 0.1) is 12.0 Å². The number of benzene rings is 1. The van der Waals surface area contributed by atoms with E-state index in [1.807, 2.05) is 18.4 Å². The minimum atomic E-state index is -3.81. The zero-order valence-electron chi connectivity index (χ0n) is 16.8. The molecule has 1 N–H and O–H groups in total. The van der Waals surface area contributed by atoms with Crippen molar-refractivity contribution in [1.29, 1.82) is 0 Å². The average Bonchev–Trinajstić information content (AvgIpc) is 2.86. The third-order valence-corrected chi connectivity index (χ3v) is 6.55. The second-order valence-electron chi connectivity index (χ2n) is 6.86. The molecule has 6 nitrogen and oxygen atoms in total. The fourth-order valence-corrected chi connectivity index (χ4v) is 4.62. The Bertz CT molecular complexity index is 926. The van der Waals surface area contributed by atoms with E-state index in [-0.39, 0.29) is 21.6 Å². The molecule has 1 aromatic heterocycles. The third-order valence-electron chi connectivity index (χ3n) is 4.62. The summed E-state index contributed by atoms with van der Waals surface area (Å²) in [5, 5.41) is 2.84. The number of carbonyl (C=O) groups is 1. The number of ether oxygens (including phenoxy) is 1. The zero-order valence-corrected chi connectivity index (χ0v) is 17.6. The predicted molar refractivity (Wildman–Crippen MR) is 106 cm³/mol. The highest BCUT2D eigenvalue weighted by Gasteiger charge is 2.30. The standard InChI is InChI=1S/C20H28N2O4S/c1-7-12-22-15(5)14(4)18(19(22)21-20(23)13(2)3)27(24,25)17-10-8-16(26-6)9-11-17/h8-11,13H,7,12H2,1-6H3,(H,21,23). The van der Waals surface area contributed by atoms with Crippen LogP contribution >= 0.6 is 0 Å². The summed E-state index contributed by atoms with van der Waals surface area (Å²) in [7, 11) is -2.28. The number of nitrogens with zero attached hydrogens (tertiary/aromatic N) is 1. The van der Waals surface area contributed by atoms with E-state index in [9.17, 15) is 13.2 Å². The molecule has 2 rings (SSSR count). The van der Waals surface area contributed by atoms with Crippen LogP contribution in [0.25, 0.3) is 0 Å². The smallest absolute Gasteiger partial charge is 0.228 e. The van der Waals surface area contributed by atoms with Crippen LogP contribution in [0.2, 0.25) is 0 Å². The summed E-state index contributed by atoms with van der Waals surface area (Å²) < 4.78 is 33.8. The second kappa shape index (κ2) is 8.17. The van der Waals surface area contributed by atoms with Crippen LogP contribution in [0, 0.1) is 19.8 Å². The van der Waals surface area contributed by atoms with Gasteiger partial charge in [0.2, 0.25) is 15.7 Å². The van der Waals surface area contributed by atoms with Crippen LogP contribution in [0.1, 0.15) is 38.4 Å². The van der Waals surface area contributed by atoms with Crippen molar-refractivity contribution in [3.8, 4) is 5.75 Å². The van der Waals surface area contributed by atoms with Crippen molar-refractivity contribution in [3.05, 3.63) is 35.5 Å². The first-order chi connectivity index (χ1) is 12.6. The quantitative estimate of drug-likeness (QED) is 0.774. The number of aromatic nitrogens is 1. The molecule has 0 unspecified atom stereocenters. The first-order valence-electron chi connectivity index (χ1n) is 9.04. The van der Waals surface area contributed by atoms with Crippen LogP contribution in [-0.4, -0.2) is 26.0 Å². The highest BCUT2D eigenvalue weighted by Crippen LogP contribution is 2.36. The van der Waals surface area contributed by atoms with Gasteiger partial charge in [0.15, 0.2) is 0 Å². The van der Waals surface area contributed by atoms with E-state index in [4.69, 9.17) is 4.74 Å². The molecule has 0 atom stereocenters. The van der Waals surface area contributed by atoms with Crippen molar-refractivity contribution in [3.63, 3.8) is 0 Å². The van der Waals surface area contributed by atoms with Gasteiger partial charge in [-0.1, -0.05) is 20.8 Å². The number of sulfone groups is 1. The first kappa shape index (κ1) is 21.0. The monoisotopic (exact) mass is 392 g/mol. The van der Waals surface area contributed by atoms with Gasteiger partial charge >= 0.3 is 0 Å². The molecule has 1 aromatic carbocycles. The number of hydrogen-bond donors (Lipinski definition) is 1. The van der Waals surface area contributed by atoms with Crippen LogP contribution < -0.4 is 10.1 Å². The van der Waals surface area contributed by atoms with Gasteiger partial charge in [-0.05, 0) is 50.1 Å². The molecule has 0 aliphatic rings. The largest absolute Gasteiger partial charge is 0.497 e. The summed E-state index contributed by atoms with van der Waals surface area (Å²) in [4.78, 5) is 12.7. The Morgan fingerprint density at radius 1 is 1.19 bits per heavy atom. The summed E-state index contributed by atoms with van der Waals surface area (Å²) in [6, 6.07) is 6.28. The van der Waals surface area contributed by atoms with Gasteiger partial charge in [-0.15, -0.1) is 0 Å². The number of nitrogens with one attached hydrogen (secondary N) is 1. The Morgan fingerprint density at radius 3 is 2.26 bits per heavy atom. The van der Waals surface area contributed by atoms with E-state index < -0.39 is 9.84 Å². The minimum absolute atomic E-state index is 0.160. The summed E-state index contributed by atoms with van der Waals surface area (Å²) in [6.07, 6.45) is 0.821. The van der Waals surface area contributed by atoms with Gasteiger partial charge < -0.3 is 14.6 Å². The van der Waals surface area contributed by atoms with Gasteiger partial charge in [-0.2, -0.15) is 0 Å². The minimum Gasteiger partial charge on any atom is -0.497 e. The van der Waals surface area contributed by atoms with E-state index >= 15 is 0 Å². The van der Waals surface area contributed by atoms with Crippen LogP contribution in [0.3, 0.4) is 0 Å². The fraction of sp³-hybridized carbons (Fsp3) is 0.450. The number of anilines is 1. The molecule has 0 saturated heterocycles. The summed E-state index contributed by atoms with van der Waals surface area (Å²) in [5.74, 6) is 0.461. The Kier molecular flexibility index (Phi) is 6.36. The summed E-state index contributed by atoms with van der Waals surface area (Å²) >= 11 is 0. The van der Waals surface area contributed by atoms with Gasteiger partial charge in [0.25, 0.3) is 0 Å². The maximum absolute atomic E-state index is 13.4. The molecular weight excluding hydrogens is 364 g/mol. The SMILES string of the molecule is CCCn1c(C)c(C)c(S(=O)(=O)c2ccc(OC)cc2)c1NC(=O)C(C)C. The normalized spacial score (nSPS) is 11.7. The van der Waals surface area contributed by atoms with Gasteiger partial charge in [0, 0.05) is 18.2 Å². The molecule has 0 saturated carbocycles. The first-order valence-corrected chi connectivity index (χ1v) is 10.5. The molecule has 27 heavy (non-hydrogen) atoms. The third kappa shape index (κ3) is 4.03. The molecule has 1 heterocycles. The molecule has 1 amide bonds. The van der Waals surface area contributed by atoms with Crippen molar-refractivity contribution < 1.29 is 17.9 Å². The molecule has 0 radical (unpaired) electrons. The lowest BCUT2D eigenvalue weighted by atomic mass is 10.2. The maximum Gasteiger partial charge on any atom is 0.228 e. The number of hydrogen-bond acceptors (Lipinski definition) is 4. The van der Waals surface area contributed by atoms with E-state index in [0.29, 0.717) is 23.7 Å². The molecule has 0 spiro atoms. The van der Waals surface area contributed by atoms with Crippen molar-refractivity contribution in [2.24, 2.45) is 5.92 Å². The lowest BCUT2D eigenvalue weighted by Gasteiger charge is -2.15. The lowest BCUT2D eigenvalue weighted by molar-refractivity contribution is -0.118. The molecule has 0 aliphatic carbocycles. The Morgan fingerprint density at radius 2 is 1.78 bits per heavy atom.